The summed E-state index contributed by atoms with van der Waals surface area (Å²) in [6.07, 6.45) is 0. The molecule has 4 rings (SSSR count). The Bertz CT molecular complexity index is 1080. The van der Waals surface area contributed by atoms with Crippen LogP contribution in [-0.4, -0.2) is 5.11 Å². The zero-order valence-corrected chi connectivity index (χ0v) is 15.4. The minimum atomic E-state index is 0.107. The van der Waals surface area contributed by atoms with E-state index in [0.29, 0.717) is 5.11 Å². The summed E-state index contributed by atoms with van der Waals surface area (Å²) in [5.74, 6) is 0. The van der Waals surface area contributed by atoms with Crippen LogP contribution in [0.1, 0.15) is 18.5 Å². The van der Waals surface area contributed by atoms with E-state index in [1.165, 1.54) is 21.7 Å². The Morgan fingerprint density at radius 1 is 0.731 bits per heavy atom. The van der Waals surface area contributed by atoms with Crippen LogP contribution in [0.4, 0.5) is 5.69 Å². The average Bonchev–Trinajstić information content (AvgIpc) is 2.67. The molecule has 2 nitrogen and oxygen atoms in total. The number of rotatable bonds is 3. The van der Waals surface area contributed by atoms with Gasteiger partial charge < -0.3 is 10.6 Å². The predicted molar refractivity (Wildman–Crippen MR) is 116 cm³/mol. The summed E-state index contributed by atoms with van der Waals surface area (Å²) in [6.45, 7) is 2.14. The number of hydrogen-bond donors (Lipinski definition) is 2. The van der Waals surface area contributed by atoms with Crippen LogP contribution in [0.15, 0.2) is 84.9 Å². The Hall–Kier alpha value is -2.91. The van der Waals surface area contributed by atoms with Crippen LogP contribution >= 0.6 is 12.2 Å². The van der Waals surface area contributed by atoms with E-state index >= 15 is 0 Å². The number of fused-ring (bicyclic) bond motifs is 2. The lowest BCUT2D eigenvalue weighted by Gasteiger charge is -2.19. The third-order valence-corrected chi connectivity index (χ3v) is 4.90. The zero-order chi connectivity index (χ0) is 17.9. The summed E-state index contributed by atoms with van der Waals surface area (Å²) in [6, 6.07) is 29.4. The summed E-state index contributed by atoms with van der Waals surface area (Å²) in [4.78, 5) is 0. The quantitative estimate of drug-likeness (QED) is 0.438. The molecule has 0 aliphatic heterocycles. The van der Waals surface area contributed by atoms with E-state index < -0.39 is 0 Å². The van der Waals surface area contributed by atoms with Crippen molar-refractivity contribution in [1.29, 1.82) is 0 Å². The SMILES string of the molecule is CC(NC(=S)Nc1cccc2ccccc12)c1cccc2ccccc12. The topological polar surface area (TPSA) is 24.1 Å². The maximum atomic E-state index is 5.58. The number of anilines is 1. The average molecular weight is 356 g/mol. The van der Waals surface area contributed by atoms with Crippen molar-refractivity contribution in [3.8, 4) is 0 Å². The van der Waals surface area contributed by atoms with E-state index in [9.17, 15) is 0 Å². The molecule has 4 aromatic carbocycles. The molecule has 128 valence electrons. The zero-order valence-electron chi connectivity index (χ0n) is 14.6. The van der Waals surface area contributed by atoms with E-state index in [4.69, 9.17) is 12.2 Å². The van der Waals surface area contributed by atoms with Gasteiger partial charge in [0, 0.05) is 11.1 Å². The molecule has 1 atom stereocenters. The molecule has 0 aliphatic carbocycles. The highest BCUT2D eigenvalue weighted by atomic mass is 32.1. The molecular formula is C23H20N2S. The Balaban J connectivity index is 1.56. The first-order valence-electron chi connectivity index (χ1n) is 8.75. The first-order valence-corrected chi connectivity index (χ1v) is 9.16. The number of thiocarbonyl (C=S) groups is 1. The fourth-order valence-corrected chi connectivity index (χ4v) is 3.68. The van der Waals surface area contributed by atoms with Gasteiger partial charge in [-0.1, -0.05) is 78.9 Å². The third kappa shape index (κ3) is 3.26. The summed E-state index contributed by atoms with van der Waals surface area (Å²) < 4.78 is 0. The molecular weight excluding hydrogens is 336 g/mol. The largest absolute Gasteiger partial charge is 0.356 e. The second-order valence-corrected chi connectivity index (χ2v) is 6.82. The molecule has 0 saturated carbocycles. The van der Waals surface area contributed by atoms with Crippen LogP contribution in [-0.2, 0) is 0 Å². The predicted octanol–water partition coefficient (Wildman–Crippen LogP) is 6.04. The first kappa shape index (κ1) is 16.6. The number of benzene rings is 4. The highest BCUT2D eigenvalue weighted by Gasteiger charge is 2.11. The first-order chi connectivity index (χ1) is 12.7. The van der Waals surface area contributed by atoms with E-state index in [1.54, 1.807) is 0 Å². The molecule has 0 aromatic heterocycles. The van der Waals surface area contributed by atoms with Gasteiger partial charge in [0.15, 0.2) is 5.11 Å². The van der Waals surface area contributed by atoms with Crippen LogP contribution in [0.25, 0.3) is 21.5 Å². The van der Waals surface area contributed by atoms with Gasteiger partial charge >= 0.3 is 0 Å². The molecule has 0 aliphatic rings. The van der Waals surface area contributed by atoms with Crippen molar-refractivity contribution in [2.24, 2.45) is 0 Å². The van der Waals surface area contributed by atoms with Gasteiger partial charge in [-0.05, 0) is 46.9 Å². The smallest absolute Gasteiger partial charge is 0.171 e. The normalized spacial score (nSPS) is 12.0. The van der Waals surface area contributed by atoms with E-state index in [1.807, 2.05) is 18.2 Å². The van der Waals surface area contributed by atoms with Gasteiger partial charge in [0.2, 0.25) is 0 Å². The van der Waals surface area contributed by atoms with Gasteiger partial charge in [0.1, 0.15) is 0 Å². The lowest BCUT2D eigenvalue weighted by atomic mass is 10.00. The van der Waals surface area contributed by atoms with E-state index in [2.05, 4.69) is 84.3 Å². The van der Waals surface area contributed by atoms with Gasteiger partial charge in [-0.2, -0.15) is 0 Å². The van der Waals surface area contributed by atoms with Crippen LogP contribution in [0.3, 0.4) is 0 Å². The molecule has 2 N–H and O–H groups in total. The fraction of sp³-hybridized carbons (Fsp3) is 0.0870. The monoisotopic (exact) mass is 356 g/mol. The minimum absolute atomic E-state index is 0.107. The van der Waals surface area contributed by atoms with Crippen molar-refractivity contribution in [2.75, 3.05) is 5.32 Å². The van der Waals surface area contributed by atoms with Crippen LogP contribution < -0.4 is 10.6 Å². The van der Waals surface area contributed by atoms with Crippen molar-refractivity contribution in [3.05, 3.63) is 90.5 Å². The maximum Gasteiger partial charge on any atom is 0.171 e. The highest BCUT2D eigenvalue weighted by Crippen LogP contribution is 2.25. The van der Waals surface area contributed by atoms with Gasteiger partial charge in [0.05, 0.1) is 6.04 Å². The molecule has 4 aromatic rings. The minimum Gasteiger partial charge on any atom is -0.356 e. The molecule has 0 bridgehead atoms. The standard InChI is InChI=1S/C23H20N2S/c1-16(19-14-6-10-17-8-2-4-12-20(17)19)24-23(26)25-22-15-7-11-18-9-3-5-13-21(18)22/h2-16H,1H3,(H2,24,25,26). The molecule has 3 heteroatoms. The lowest BCUT2D eigenvalue weighted by Crippen LogP contribution is -2.31. The van der Waals surface area contributed by atoms with Crippen LogP contribution in [0.5, 0.6) is 0 Å². The Morgan fingerprint density at radius 3 is 2.08 bits per heavy atom. The van der Waals surface area contributed by atoms with E-state index in [0.717, 1.165) is 11.1 Å². The lowest BCUT2D eigenvalue weighted by molar-refractivity contribution is 0.729. The van der Waals surface area contributed by atoms with E-state index in [-0.39, 0.29) is 6.04 Å². The highest BCUT2D eigenvalue weighted by molar-refractivity contribution is 7.80. The molecule has 0 amide bonds. The van der Waals surface area contributed by atoms with Crippen molar-refractivity contribution in [2.45, 2.75) is 13.0 Å². The second-order valence-electron chi connectivity index (χ2n) is 6.42. The molecule has 0 radical (unpaired) electrons. The third-order valence-electron chi connectivity index (χ3n) is 4.68. The number of nitrogens with one attached hydrogen (secondary N) is 2. The van der Waals surface area contributed by atoms with Crippen LogP contribution in [0, 0.1) is 0 Å². The fourth-order valence-electron chi connectivity index (χ4n) is 3.40. The second kappa shape index (κ2) is 7.14. The summed E-state index contributed by atoms with van der Waals surface area (Å²) in [5, 5.41) is 12.3. The summed E-state index contributed by atoms with van der Waals surface area (Å²) in [5.41, 5.74) is 2.26. The van der Waals surface area contributed by atoms with Gasteiger partial charge in [-0.25, -0.2) is 0 Å². The van der Waals surface area contributed by atoms with Gasteiger partial charge in [0.25, 0.3) is 0 Å². The van der Waals surface area contributed by atoms with Crippen molar-refractivity contribution >= 4 is 44.6 Å². The molecule has 0 saturated heterocycles. The Morgan fingerprint density at radius 2 is 1.31 bits per heavy atom. The molecule has 0 spiro atoms. The van der Waals surface area contributed by atoms with Crippen molar-refractivity contribution < 1.29 is 0 Å². The summed E-state index contributed by atoms with van der Waals surface area (Å²) >= 11 is 5.58. The molecule has 0 heterocycles. The molecule has 0 fully saturated rings. The molecule has 26 heavy (non-hydrogen) atoms. The van der Waals surface area contributed by atoms with Crippen molar-refractivity contribution in [1.82, 2.24) is 5.32 Å². The number of hydrogen-bond acceptors (Lipinski definition) is 1. The maximum absolute atomic E-state index is 5.58. The van der Waals surface area contributed by atoms with Crippen molar-refractivity contribution in [3.63, 3.8) is 0 Å². The van der Waals surface area contributed by atoms with Gasteiger partial charge in [-0.15, -0.1) is 0 Å². The Kier molecular flexibility index (Phi) is 4.55. The van der Waals surface area contributed by atoms with Crippen LogP contribution in [0.2, 0.25) is 0 Å². The molecule has 1 unspecified atom stereocenters. The van der Waals surface area contributed by atoms with Gasteiger partial charge in [-0.3, -0.25) is 0 Å². The summed E-state index contributed by atoms with van der Waals surface area (Å²) in [7, 11) is 0. The Labute approximate surface area is 158 Å².